The second-order valence-electron chi connectivity index (χ2n) is 5.98. The average molecular weight is 333 g/mol. The van der Waals surface area contributed by atoms with E-state index in [1.807, 2.05) is 23.1 Å². The number of likely N-dealkylation sites (tertiary alicyclic amines) is 1. The van der Waals surface area contributed by atoms with Crippen molar-refractivity contribution in [2.45, 2.75) is 25.3 Å². The molecule has 1 unspecified atom stereocenters. The highest BCUT2D eigenvalue weighted by molar-refractivity contribution is 5.94. The summed E-state index contributed by atoms with van der Waals surface area (Å²) in [6.45, 7) is 2.82. The van der Waals surface area contributed by atoms with Crippen LogP contribution >= 0.6 is 0 Å². The van der Waals surface area contributed by atoms with Crippen molar-refractivity contribution in [2.75, 3.05) is 39.9 Å². The number of ether oxygens (including phenoxy) is 1. The molecule has 1 aromatic rings. The maximum Gasteiger partial charge on any atom is 0.251 e. The minimum atomic E-state index is -0.0909. The monoisotopic (exact) mass is 333 g/mol. The highest BCUT2D eigenvalue weighted by atomic mass is 16.5. The van der Waals surface area contributed by atoms with Crippen molar-refractivity contribution < 1.29 is 14.3 Å². The van der Waals surface area contributed by atoms with Gasteiger partial charge in [0.25, 0.3) is 5.91 Å². The molecule has 1 aliphatic rings. The predicted molar refractivity (Wildman–Crippen MR) is 92.9 cm³/mol. The number of hydrogen-bond acceptors (Lipinski definition) is 4. The first-order valence-corrected chi connectivity index (χ1v) is 8.54. The normalized spacial score (nSPS) is 17.5. The van der Waals surface area contributed by atoms with Crippen LogP contribution in [0.1, 0.15) is 29.6 Å². The van der Waals surface area contributed by atoms with Gasteiger partial charge >= 0.3 is 0 Å². The van der Waals surface area contributed by atoms with Crippen molar-refractivity contribution >= 4 is 11.8 Å². The Morgan fingerprint density at radius 3 is 2.79 bits per heavy atom. The lowest BCUT2D eigenvalue weighted by Crippen LogP contribution is -2.51. The molecule has 0 radical (unpaired) electrons. The molecule has 1 aromatic carbocycles. The average Bonchev–Trinajstić information content (AvgIpc) is 2.64. The summed E-state index contributed by atoms with van der Waals surface area (Å²) >= 11 is 0. The van der Waals surface area contributed by atoms with E-state index in [2.05, 4.69) is 10.6 Å². The Balaban J connectivity index is 1.82. The number of nitrogens with zero attached hydrogens (tertiary/aromatic N) is 1. The van der Waals surface area contributed by atoms with Gasteiger partial charge < -0.3 is 20.3 Å². The van der Waals surface area contributed by atoms with Crippen molar-refractivity contribution in [3.63, 3.8) is 0 Å². The first-order valence-electron chi connectivity index (χ1n) is 8.54. The number of carbonyl (C=O) groups is 2. The van der Waals surface area contributed by atoms with Crippen LogP contribution in [-0.4, -0.2) is 62.7 Å². The van der Waals surface area contributed by atoms with Crippen LogP contribution in [0.15, 0.2) is 30.3 Å². The molecule has 1 saturated heterocycles. The van der Waals surface area contributed by atoms with Crippen LogP contribution in [-0.2, 0) is 9.53 Å². The zero-order valence-corrected chi connectivity index (χ0v) is 14.3. The second kappa shape index (κ2) is 10.1. The van der Waals surface area contributed by atoms with Crippen LogP contribution in [0, 0.1) is 0 Å². The molecule has 0 bridgehead atoms. The Bertz CT molecular complexity index is 522. The zero-order valence-electron chi connectivity index (χ0n) is 14.3. The molecular weight excluding hydrogens is 306 g/mol. The molecule has 0 spiro atoms. The molecule has 0 aromatic heterocycles. The quantitative estimate of drug-likeness (QED) is 0.697. The lowest BCUT2D eigenvalue weighted by molar-refractivity contribution is -0.133. The van der Waals surface area contributed by atoms with E-state index in [1.54, 1.807) is 19.2 Å². The van der Waals surface area contributed by atoms with E-state index in [0.29, 0.717) is 31.8 Å². The summed E-state index contributed by atoms with van der Waals surface area (Å²) in [5, 5.41) is 6.05. The lowest BCUT2D eigenvalue weighted by Gasteiger charge is -2.36. The van der Waals surface area contributed by atoms with E-state index in [-0.39, 0.29) is 17.9 Å². The third kappa shape index (κ3) is 5.62. The number of carbonyl (C=O) groups excluding carboxylic acids is 2. The number of benzene rings is 1. The van der Waals surface area contributed by atoms with Crippen LogP contribution < -0.4 is 10.6 Å². The van der Waals surface area contributed by atoms with Gasteiger partial charge in [-0.3, -0.25) is 9.59 Å². The first kappa shape index (κ1) is 18.4. The van der Waals surface area contributed by atoms with Gasteiger partial charge in [0.05, 0.1) is 13.2 Å². The van der Waals surface area contributed by atoms with Crippen molar-refractivity contribution in [3.8, 4) is 0 Å². The number of hydrogen-bond donors (Lipinski definition) is 2. The standard InChI is InChI=1S/C18H27N3O3/c1-24-12-10-19-14-17(22)21-11-6-5-9-16(21)13-20-18(23)15-7-3-2-4-8-15/h2-4,7-8,16,19H,5-6,9-14H2,1H3,(H,20,23). The Kier molecular flexibility index (Phi) is 7.71. The Hall–Kier alpha value is -1.92. The molecule has 0 saturated carbocycles. The lowest BCUT2D eigenvalue weighted by atomic mass is 10.0. The number of piperidine rings is 1. The third-order valence-corrected chi connectivity index (χ3v) is 4.24. The molecule has 24 heavy (non-hydrogen) atoms. The van der Waals surface area contributed by atoms with E-state index < -0.39 is 0 Å². The largest absolute Gasteiger partial charge is 0.383 e. The number of rotatable bonds is 8. The van der Waals surface area contributed by atoms with Gasteiger partial charge in [0.1, 0.15) is 0 Å². The van der Waals surface area contributed by atoms with Crippen molar-refractivity contribution in [1.82, 2.24) is 15.5 Å². The number of amides is 2. The van der Waals surface area contributed by atoms with E-state index in [1.165, 1.54) is 0 Å². The van der Waals surface area contributed by atoms with Crippen molar-refractivity contribution in [3.05, 3.63) is 35.9 Å². The summed E-state index contributed by atoms with van der Waals surface area (Å²) in [6.07, 6.45) is 3.04. The van der Waals surface area contributed by atoms with Gasteiger partial charge in [-0.1, -0.05) is 18.2 Å². The molecule has 6 nitrogen and oxygen atoms in total. The van der Waals surface area contributed by atoms with Gasteiger partial charge in [-0.2, -0.15) is 0 Å². The van der Waals surface area contributed by atoms with Crippen molar-refractivity contribution in [1.29, 1.82) is 0 Å². The Morgan fingerprint density at radius 2 is 2.04 bits per heavy atom. The van der Waals surface area contributed by atoms with Crippen LogP contribution in [0.25, 0.3) is 0 Å². The Labute approximate surface area is 143 Å². The summed E-state index contributed by atoms with van der Waals surface area (Å²) in [4.78, 5) is 26.5. The molecule has 132 valence electrons. The minimum absolute atomic E-state index is 0.0723. The van der Waals surface area contributed by atoms with E-state index >= 15 is 0 Å². The first-order chi connectivity index (χ1) is 11.7. The molecule has 2 N–H and O–H groups in total. The second-order valence-corrected chi connectivity index (χ2v) is 5.98. The van der Waals surface area contributed by atoms with E-state index in [0.717, 1.165) is 25.8 Å². The third-order valence-electron chi connectivity index (χ3n) is 4.24. The minimum Gasteiger partial charge on any atom is -0.383 e. The fraction of sp³-hybridized carbons (Fsp3) is 0.556. The topological polar surface area (TPSA) is 70.7 Å². The molecule has 2 rings (SSSR count). The molecule has 1 heterocycles. The fourth-order valence-electron chi connectivity index (χ4n) is 2.91. The van der Waals surface area contributed by atoms with Gasteiger partial charge in [0.15, 0.2) is 0 Å². The number of methoxy groups -OCH3 is 1. The molecule has 2 amide bonds. The van der Waals surface area contributed by atoms with E-state index in [9.17, 15) is 9.59 Å². The van der Waals surface area contributed by atoms with Crippen LogP contribution in [0.3, 0.4) is 0 Å². The van der Waals surface area contributed by atoms with Crippen LogP contribution in [0.4, 0.5) is 0 Å². The molecule has 1 aliphatic heterocycles. The highest BCUT2D eigenvalue weighted by Gasteiger charge is 2.26. The summed E-state index contributed by atoms with van der Waals surface area (Å²) in [5.74, 6) is -0.00319. The summed E-state index contributed by atoms with van der Waals surface area (Å²) in [5.41, 5.74) is 0.646. The fourth-order valence-corrected chi connectivity index (χ4v) is 2.91. The van der Waals surface area contributed by atoms with Gasteiger partial charge in [-0.15, -0.1) is 0 Å². The summed E-state index contributed by atoms with van der Waals surface area (Å²) < 4.78 is 4.96. The van der Waals surface area contributed by atoms with E-state index in [4.69, 9.17) is 4.74 Å². The maximum absolute atomic E-state index is 12.4. The smallest absolute Gasteiger partial charge is 0.251 e. The van der Waals surface area contributed by atoms with Gasteiger partial charge in [-0.25, -0.2) is 0 Å². The Morgan fingerprint density at radius 1 is 1.25 bits per heavy atom. The molecule has 6 heteroatoms. The van der Waals surface area contributed by atoms with Gasteiger partial charge in [-0.05, 0) is 31.4 Å². The number of nitrogens with one attached hydrogen (secondary N) is 2. The summed E-state index contributed by atoms with van der Waals surface area (Å²) in [6, 6.07) is 9.23. The SMILES string of the molecule is COCCNCC(=O)N1CCCCC1CNC(=O)c1ccccc1. The molecule has 1 atom stereocenters. The summed E-state index contributed by atoms with van der Waals surface area (Å²) in [7, 11) is 1.64. The molecular formula is C18H27N3O3. The van der Waals surface area contributed by atoms with Gasteiger partial charge in [0.2, 0.25) is 5.91 Å². The zero-order chi connectivity index (χ0) is 17.2. The van der Waals surface area contributed by atoms with Crippen molar-refractivity contribution in [2.24, 2.45) is 0 Å². The molecule has 0 aliphatic carbocycles. The predicted octanol–water partition coefficient (Wildman–Crippen LogP) is 1.03. The highest BCUT2D eigenvalue weighted by Crippen LogP contribution is 2.16. The van der Waals surface area contributed by atoms with Gasteiger partial charge in [0, 0.05) is 38.3 Å². The van der Waals surface area contributed by atoms with Crippen LogP contribution in [0.5, 0.6) is 0 Å². The maximum atomic E-state index is 12.4. The van der Waals surface area contributed by atoms with Crippen LogP contribution in [0.2, 0.25) is 0 Å². The molecule has 1 fully saturated rings.